The molecule has 3 aromatic rings. The summed E-state index contributed by atoms with van der Waals surface area (Å²) in [7, 11) is 0. The van der Waals surface area contributed by atoms with Crippen molar-refractivity contribution in [1.29, 1.82) is 0 Å². The van der Waals surface area contributed by atoms with Crippen molar-refractivity contribution in [3.63, 3.8) is 0 Å². The lowest BCUT2D eigenvalue weighted by atomic mass is 10.0. The van der Waals surface area contributed by atoms with Gasteiger partial charge in [0.1, 0.15) is 0 Å². The molecule has 2 amide bonds. The maximum Gasteiger partial charge on any atom is 0.251 e. The minimum Gasteiger partial charge on any atom is -0.348 e. The molecule has 4 nitrogen and oxygen atoms in total. The first-order valence-corrected chi connectivity index (χ1v) is 8.84. The van der Waals surface area contributed by atoms with E-state index in [1.165, 1.54) is 6.92 Å². The Hall–Kier alpha value is -2.92. The minimum absolute atomic E-state index is 0.137. The highest BCUT2D eigenvalue weighted by molar-refractivity contribution is 7.08. The Balaban J connectivity index is 1.68. The molecule has 0 fully saturated rings. The van der Waals surface area contributed by atoms with Crippen LogP contribution >= 0.6 is 11.3 Å². The summed E-state index contributed by atoms with van der Waals surface area (Å²) in [6.07, 6.45) is 0. The molecular weight excluding hydrogens is 332 g/mol. The van der Waals surface area contributed by atoms with Gasteiger partial charge in [0.15, 0.2) is 0 Å². The smallest absolute Gasteiger partial charge is 0.251 e. The summed E-state index contributed by atoms with van der Waals surface area (Å²) < 4.78 is 0. The van der Waals surface area contributed by atoms with Gasteiger partial charge in [0.05, 0.1) is 0 Å². The first kappa shape index (κ1) is 16.9. The average Bonchev–Trinajstić information content (AvgIpc) is 3.14. The Morgan fingerprint density at radius 3 is 2.44 bits per heavy atom. The Kier molecular flexibility index (Phi) is 5.26. The third-order valence-corrected chi connectivity index (χ3v) is 4.44. The molecule has 2 aromatic carbocycles. The van der Waals surface area contributed by atoms with Crippen LogP contribution in [0.4, 0.5) is 5.69 Å². The molecule has 0 aliphatic carbocycles. The van der Waals surface area contributed by atoms with Gasteiger partial charge in [-0.1, -0.05) is 24.3 Å². The van der Waals surface area contributed by atoms with Crippen LogP contribution in [0.2, 0.25) is 0 Å². The van der Waals surface area contributed by atoms with E-state index < -0.39 is 0 Å². The van der Waals surface area contributed by atoms with Gasteiger partial charge in [-0.25, -0.2) is 0 Å². The van der Waals surface area contributed by atoms with Crippen molar-refractivity contribution >= 4 is 28.8 Å². The van der Waals surface area contributed by atoms with Gasteiger partial charge in [-0.3, -0.25) is 9.59 Å². The Bertz CT molecular complexity index is 871. The standard InChI is InChI=1S/C20H18N2O2S/c1-14(23)22-18-8-6-15(7-9-18)20(24)21-12-16-4-2-3-5-19(16)17-10-11-25-13-17/h2-11,13H,12H2,1H3,(H,21,24)(H,22,23). The van der Waals surface area contributed by atoms with E-state index in [0.717, 1.165) is 16.7 Å². The topological polar surface area (TPSA) is 58.2 Å². The quantitative estimate of drug-likeness (QED) is 0.721. The van der Waals surface area contributed by atoms with Gasteiger partial charge in [0.2, 0.25) is 5.91 Å². The van der Waals surface area contributed by atoms with Gasteiger partial charge in [0, 0.05) is 24.7 Å². The minimum atomic E-state index is -0.144. The number of hydrogen-bond donors (Lipinski definition) is 2. The SMILES string of the molecule is CC(=O)Nc1ccc(C(=O)NCc2ccccc2-c2ccsc2)cc1. The second kappa shape index (κ2) is 7.77. The number of hydrogen-bond acceptors (Lipinski definition) is 3. The van der Waals surface area contributed by atoms with Gasteiger partial charge in [-0.05, 0) is 57.8 Å². The summed E-state index contributed by atoms with van der Waals surface area (Å²) in [5.74, 6) is -0.281. The van der Waals surface area contributed by atoms with Crippen molar-refractivity contribution in [1.82, 2.24) is 5.32 Å². The summed E-state index contributed by atoms with van der Waals surface area (Å²) in [6.45, 7) is 1.91. The van der Waals surface area contributed by atoms with Crippen molar-refractivity contribution in [3.05, 3.63) is 76.5 Å². The number of benzene rings is 2. The van der Waals surface area contributed by atoms with Gasteiger partial charge < -0.3 is 10.6 Å². The second-order valence-electron chi connectivity index (χ2n) is 5.61. The number of amides is 2. The predicted octanol–water partition coefficient (Wildman–Crippen LogP) is 4.30. The van der Waals surface area contributed by atoms with Crippen LogP contribution in [0.5, 0.6) is 0 Å². The first-order chi connectivity index (χ1) is 12.1. The number of carbonyl (C=O) groups is 2. The zero-order chi connectivity index (χ0) is 17.6. The molecule has 25 heavy (non-hydrogen) atoms. The predicted molar refractivity (Wildman–Crippen MR) is 102 cm³/mol. The molecule has 2 N–H and O–H groups in total. The fourth-order valence-electron chi connectivity index (χ4n) is 2.56. The molecule has 1 heterocycles. The first-order valence-electron chi connectivity index (χ1n) is 7.90. The van der Waals surface area contributed by atoms with Crippen LogP contribution in [0.25, 0.3) is 11.1 Å². The Labute approximate surface area is 150 Å². The zero-order valence-electron chi connectivity index (χ0n) is 13.8. The lowest BCUT2D eigenvalue weighted by Crippen LogP contribution is -2.23. The molecule has 0 bridgehead atoms. The molecule has 3 rings (SSSR count). The van der Waals surface area contributed by atoms with Crippen LogP contribution in [0.15, 0.2) is 65.4 Å². The number of rotatable bonds is 5. The van der Waals surface area contributed by atoms with Gasteiger partial charge >= 0.3 is 0 Å². The molecule has 0 unspecified atom stereocenters. The number of nitrogens with one attached hydrogen (secondary N) is 2. The van der Waals surface area contributed by atoms with Crippen LogP contribution in [0.3, 0.4) is 0 Å². The van der Waals surface area contributed by atoms with E-state index in [4.69, 9.17) is 0 Å². The number of anilines is 1. The maximum absolute atomic E-state index is 12.4. The molecule has 0 saturated carbocycles. The highest BCUT2D eigenvalue weighted by Crippen LogP contribution is 2.25. The van der Waals surface area contributed by atoms with E-state index in [1.807, 2.05) is 23.6 Å². The molecule has 1 aromatic heterocycles. The van der Waals surface area contributed by atoms with Gasteiger partial charge in [-0.2, -0.15) is 11.3 Å². The lowest BCUT2D eigenvalue weighted by Gasteiger charge is -2.10. The monoisotopic (exact) mass is 350 g/mol. The molecule has 5 heteroatoms. The van der Waals surface area contributed by atoms with E-state index >= 15 is 0 Å². The number of thiophene rings is 1. The molecule has 0 saturated heterocycles. The van der Waals surface area contributed by atoms with Gasteiger partial charge in [0.25, 0.3) is 5.91 Å². The van der Waals surface area contributed by atoms with Crippen molar-refractivity contribution in [3.8, 4) is 11.1 Å². The molecule has 0 spiro atoms. The van der Waals surface area contributed by atoms with Crippen LogP contribution < -0.4 is 10.6 Å². The fourth-order valence-corrected chi connectivity index (χ4v) is 3.22. The molecule has 0 radical (unpaired) electrons. The largest absolute Gasteiger partial charge is 0.348 e. The average molecular weight is 350 g/mol. The van der Waals surface area contributed by atoms with E-state index in [2.05, 4.69) is 28.1 Å². The van der Waals surface area contributed by atoms with E-state index in [0.29, 0.717) is 17.8 Å². The van der Waals surface area contributed by atoms with Crippen molar-refractivity contribution in [2.45, 2.75) is 13.5 Å². The molecule has 0 aliphatic heterocycles. The summed E-state index contributed by atoms with van der Waals surface area (Å²) >= 11 is 1.65. The van der Waals surface area contributed by atoms with Crippen molar-refractivity contribution in [2.75, 3.05) is 5.32 Å². The fraction of sp³-hybridized carbons (Fsp3) is 0.100. The summed E-state index contributed by atoms with van der Waals surface area (Å²) in [4.78, 5) is 23.4. The molecule has 126 valence electrons. The van der Waals surface area contributed by atoms with E-state index in [-0.39, 0.29) is 11.8 Å². The molecule has 0 atom stereocenters. The maximum atomic E-state index is 12.4. The highest BCUT2D eigenvalue weighted by atomic mass is 32.1. The summed E-state index contributed by atoms with van der Waals surface area (Å²) in [6, 6.07) is 17.0. The summed E-state index contributed by atoms with van der Waals surface area (Å²) in [5.41, 5.74) is 4.60. The van der Waals surface area contributed by atoms with Crippen molar-refractivity contribution in [2.24, 2.45) is 0 Å². The van der Waals surface area contributed by atoms with Crippen LogP contribution in [0, 0.1) is 0 Å². The Morgan fingerprint density at radius 2 is 1.76 bits per heavy atom. The summed E-state index contributed by atoms with van der Waals surface area (Å²) in [5, 5.41) is 9.78. The zero-order valence-corrected chi connectivity index (χ0v) is 14.6. The lowest BCUT2D eigenvalue weighted by molar-refractivity contribution is -0.114. The Morgan fingerprint density at radius 1 is 1.00 bits per heavy atom. The third kappa shape index (κ3) is 4.33. The van der Waals surface area contributed by atoms with E-state index in [1.54, 1.807) is 35.6 Å². The molecule has 0 aliphatic rings. The van der Waals surface area contributed by atoms with Crippen molar-refractivity contribution < 1.29 is 9.59 Å². The normalized spacial score (nSPS) is 10.3. The second-order valence-corrected chi connectivity index (χ2v) is 6.39. The van der Waals surface area contributed by atoms with E-state index in [9.17, 15) is 9.59 Å². The highest BCUT2D eigenvalue weighted by Gasteiger charge is 2.09. The van der Waals surface area contributed by atoms with Crippen LogP contribution in [-0.4, -0.2) is 11.8 Å². The number of carbonyl (C=O) groups excluding carboxylic acids is 2. The van der Waals surface area contributed by atoms with Crippen LogP contribution in [-0.2, 0) is 11.3 Å². The molecular formula is C20H18N2O2S. The third-order valence-electron chi connectivity index (χ3n) is 3.76. The van der Waals surface area contributed by atoms with Gasteiger partial charge in [-0.15, -0.1) is 0 Å². The van der Waals surface area contributed by atoms with Crippen LogP contribution in [0.1, 0.15) is 22.8 Å².